The standard InChI is InChI=1S/C16H18F3N3/c1-2-22-15-12(8-5-6-10-20-15)14(21-22)11-7-3-4-9-13(11)16(17,18)19/h3-4,7,9,20H,2,5-6,8,10H2,1H3. The third kappa shape index (κ3) is 2.58. The Labute approximate surface area is 127 Å². The average Bonchev–Trinajstić information content (AvgIpc) is 2.67. The van der Waals surface area contributed by atoms with E-state index in [0.717, 1.165) is 43.3 Å². The predicted molar refractivity (Wildman–Crippen MR) is 79.8 cm³/mol. The highest BCUT2D eigenvalue weighted by Gasteiger charge is 2.35. The van der Waals surface area contributed by atoms with Crippen LogP contribution in [0.1, 0.15) is 30.9 Å². The SMILES string of the molecule is CCn1nc(-c2ccccc2C(F)(F)F)c2c1NCCCC2. The smallest absolute Gasteiger partial charge is 0.370 e. The summed E-state index contributed by atoms with van der Waals surface area (Å²) in [5.41, 5.74) is 0.903. The van der Waals surface area contributed by atoms with Crippen LogP contribution in [0.4, 0.5) is 19.0 Å². The summed E-state index contributed by atoms with van der Waals surface area (Å²) in [6, 6.07) is 5.68. The van der Waals surface area contributed by atoms with E-state index in [2.05, 4.69) is 10.4 Å². The maximum atomic E-state index is 13.3. The molecule has 1 aliphatic rings. The summed E-state index contributed by atoms with van der Waals surface area (Å²) in [6.45, 7) is 3.40. The number of aryl methyl sites for hydroxylation is 1. The molecule has 0 radical (unpaired) electrons. The van der Waals surface area contributed by atoms with Crippen LogP contribution in [0.2, 0.25) is 0 Å². The number of nitrogens with zero attached hydrogens (tertiary/aromatic N) is 2. The zero-order valence-electron chi connectivity index (χ0n) is 12.4. The molecule has 0 atom stereocenters. The van der Waals surface area contributed by atoms with Gasteiger partial charge in [0.1, 0.15) is 5.82 Å². The number of alkyl halides is 3. The van der Waals surface area contributed by atoms with Crippen LogP contribution in [-0.2, 0) is 19.1 Å². The molecule has 0 aliphatic carbocycles. The Morgan fingerprint density at radius 2 is 2.00 bits per heavy atom. The number of anilines is 1. The lowest BCUT2D eigenvalue weighted by Crippen LogP contribution is -2.08. The van der Waals surface area contributed by atoms with Gasteiger partial charge in [0.25, 0.3) is 0 Å². The van der Waals surface area contributed by atoms with Crippen LogP contribution < -0.4 is 5.32 Å². The van der Waals surface area contributed by atoms with Gasteiger partial charge in [0.2, 0.25) is 0 Å². The first-order valence-corrected chi connectivity index (χ1v) is 7.52. The van der Waals surface area contributed by atoms with Crippen molar-refractivity contribution in [2.75, 3.05) is 11.9 Å². The Hall–Kier alpha value is -1.98. The number of fused-ring (bicyclic) bond motifs is 1. The third-order valence-corrected chi connectivity index (χ3v) is 3.98. The Morgan fingerprint density at radius 3 is 2.73 bits per heavy atom. The summed E-state index contributed by atoms with van der Waals surface area (Å²) in [5.74, 6) is 0.868. The van der Waals surface area contributed by atoms with E-state index in [0.29, 0.717) is 12.2 Å². The predicted octanol–water partition coefficient (Wildman–Crippen LogP) is 4.34. The number of aromatic nitrogens is 2. The molecule has 118 valence electrons. The van der Waals surface area contributed by atoms with Crippen molar-refractivity contribution in [3.05, 3.63) is 35.4 Å². The third-order valence-electron chi connectivity index (χ3n) is 3.98. The van der Waals surface area contributed by atoms with Crippen molar-refractivity contribution in [1.29, 1.82) is 0 Å². The Bertz CT molecular complexity index is 674. The first kappa shape index (κ1) is 14.9. The average molecular weight is 309 g/mol. The molecule has 0 saturated heterocycles. The van der Waals surface area contributed by atoms with E-state index in [9.17, 15) is 13.2 Å². The fourth-order valence-corrected chi connectivity index (χ4v) is 2.95. The second-order valence-electron chi connectivity index (χ2n) is 5.42. The van der Waals surface area contributed by atoms with Crippen LogP contribution in [0.15, 0.2) is 24.3 Å². The lowest BCUT2D eigenvalue weighted by Gasteiger charge is -2.12. The molecule has 0 saturated carbocycles. The summed E-state index contributed by atoms with van der Waals surface area (Å²) in [4.78, 5) is 0. The highest BCUT2D eigenvalue weighted by Crippen LogP contribution is 2.40. The quantitative estimate of drug-likeness (QED) is 0.894. The fraction of sp³-hybridized carbons (Fsp3) is 0.438. The summed E-state index contributed by atoms with van der Waals surface area (Å²) in [7, 11) is 0. The van der Waals surface area contributed by atoms with Gasteiger partial charge < -0.3 is 5.32 Å². The summed E-state index contributed by atoms with van der Waals surface area (Å²) < 4.78 is 41.6. The molecule has 0 bridgehead atoms. The van der Waals surface area contributed by atoms with Gasteiger partial charge in [-0.1, -0.05) is 18.2 Å². The molecule has 2 heterocycles. The van der Waals surface area contributed by atoms with Crippen molar-refractivity contribution < 1.29 is 13.2 Å². The van der Waals surface area contributed by atoms with E-state index >= 15 is 0 Å². The number of hydrogen-bond acceptors (Lipinski definition) is 2. The van der Waals surface area contributed by atoms with Crippen LogP contribution in [0, 0.1) is 0 Å². The van der Waals surface area contributed by atoms with E-state index < -0.39 is 11.7 Å². The molecule has 3 rings (SSSR count). The first-order chi connectivity index (χ1) is 10.5. The highest BCUT2D eigenvalue weighted by molar-refractivity contribution is 5.73. The summed E-state index contributed by atoms with van der Waals surface area (Å²) in [6.07, 6.45) is -1.66. The molecule has 1 aromatic carbocycles. The molecule has 1 aromatic heterocycles. The van der Waals surface area contributed by atoms with Gasteiger partial charge in [0.15, 0.2) is 0 Å². The molecule has 0 spiro atoms. The lowest BCUT2D eigenvalue weighted by atomic mass is 9.99. The van der Waals surface area contributed by atoms with E-state index in [1.54, 1.807) is 10.7 Å². The van der Waals surface area contributed by atoms with Gasteiger partial charge in [0.05, 0.1) is 11.3 Å². The molecule has 6 heteroatoms. The zero-order chi connectivity index (χ0) is 15.7. The topological polar surface area (TPSA) is 29.9 Å². The molecule has 22 heavy (non-hydrogen) atoms. The number of benzene rings is 1. The van der Waals surface area contributed by atoms with Gasteiger partial charge in [-0.05, 0) is 32.3 Å². The monoisotopic (exact) mass is 309 g/mol. The van der Waals surface area contributed by atoms with Crippen molar-refractivity contribution in [3.63, 3.8) is 0 Å². The van der Waals surface area contributed by atoms with Gasteiger partial charge in [-0.15, -0.1) is 0 Å². The number of nitrogens with one attached hydrogen (secondary N) is 1. The Morgan fingerprint density at radius 1 is 1.23 bits per heavy atom. The van der Waals surface area contributed by atoms with Crippen molar-refractivity contribution in [3.8, 4) is 11.3 Å². The van der Waals surface area contributed by atoms with Crippen LogP contribution in [0.5, 0.6) is 0 Å². The van der Waals surface area contributed by atoms with Crippen molar-refractivity contribution >= 4 is 5.82 Å². The second kappa shape index (κ2) is 5.66. The zero-order valence-corrected chi connectivity index (χ0v) is 12.4. The van der Waals surface area contributed by atoms with Gasteiger partial charge in [-0.25, -0.2) is 4.68 Å². The van der Waals surface area contributed by atoms with E-state index in [-0.39, 0.29) is 5.56 Å². The molecule has 0 fully saturated rings. The van der Waals surface area contributed by atoms with Gasteiger partial charge in [0, 0.05) is 24.2 Å². The summed E-state index contributed by atoms with van der Waals surface area (Å²) in [5, 5.41) is 7.76. The van der Waals surface area contributed by atoms with Crippen LogP contribution in [-0.4, -0.2) is 16.3 Å². The van der Waals surface area contributed by atoms with Crippen LogP contribution in [0.3, 0.4) is 0 Å². The minimum absolute atomic E-state index is 0.169. The normalized spacial score (nSPS) is 15.1. The Balaban J connectivity index is 2.20. The largest absolute Gasteiger partial charge is 0.417 e. The molecular weight excluding hydrogens is 291 g/mol. The van der Waals surface area contributed by atoms with Crippen molar-refractivity contribution in [2.24, 2.45) is 0 Å². The first-order valence-electron chi connectivity index (χ1n) is 7.52. The van der Waals surface area contributed by atoms with Gasteiger partial charge in [-0.2, -0.15) is 18.3 Å². The van der Waals surface area contributed by atoms with Crippen LogP contribution >= 0.6 is 0 Å². The molecule has 0 unspecified atom stereocenters. The number of halogens is 3. The summed E-state index contributed by atoms with van der Waals surface area (Å²) >= 11 is 0. The molecular formula is C16H18F3N3. The lowest BCUT2D eigenvalue weighted by molar-refractivity contribution is -0.137. The Kier molecular flexibility index (Phi) is 3.85. The molecule has 0 amide bonds. The minimum atomic E-state index is -4.38. The van der Waals surface area contributed by atoms with E-state index in [4.69, 9.17) is 0 Å². The minimum Gasteiger partial charge on any atom is -0.370 e. The molecule has 2 aromatic rings. The molecule has 1 N–H and O–H groups in total. The maximum absolute atomic E-state index is 13.3. The van der Waals surface area contributed by atoms with Gasteiger partial charge >= 0.3 is 6.18 Å². The molecule has 3 nitrogen and oxygen atoms in total. The van der Waals surface area contributed by atoms with Crippen molar-refractivity contribution in [2.45, 2.75) is 38.9 Å². The van der Waals surface area contributed by atoms with E-state index in [1.807, 2.05) is 6.92 Å². The number of rotatable bonds is 2. The highest BCUT2D eigenvalue weighted by atomic mass is 19.4. The molecule has 1 aliphatic heterocycles. The van der Waals surface area contributed by atoms with E-state index in [1.165, 1.54) is 12.1 Å². The second-order valence-corrected chi connectivity index (χ2v) is 5.42. The van der Waals surface area contributed by atoms with Crippen molar-refractivity contribution in [1.82, 2.24) is 9.78 Å². The van der Waals surface area contributed by atoms with Gasteiger partial charge in [-0.3, -0.25) is 0 Å². The fourth-order valence-electron chi connectivity index (χ4n) is 2.95. The van der Waals surface area contributed by atoms with Crippen LogP contribution in [0.25, 0.3) is 11.3 Å². The number of hydrogen-bond donors (Lipinski definition) is 1. The maximum Gasteiger partial charge on any atom is 0.417 e.